The van der Waals surface area contributed by atoms with Gasteiger partial charge in [0.25, 0.3) is 0 Å². The molecule has 11 nitrogen and oxygen atoms in total. The summed E-state index contributed by atoms with van der Waals surface area (Å²) in [6, 6.07) is 7.41. The van der Waals surface area contributed by atoms with Crippen molar-refractivity contribution in [3.63, 3.8) is 0 Å². The monoisotopic (exact) mass is 842 g/mol. The highest BCUT2D eigenvalue weighted by molar-refractivity contribution is 5.85. The van der Waals surface area contributed by atoms with E-state index < -0.39 is 29.1 Å². The Kier molecular flexibility index (Phi) is 16.4. The van der Waals surface area contributed by atoms with Gasteiger partial charge in [0.2, 0.25) is 0 Å². The van der Waals surface area contributed by atoms with Gasteiger partial charge in [-0.25, -0.2) is 9.59 Å². The van der Waals surface area contributed by atoms with E-state index >= 15 is 0 Å². The molecule has 0 saturated carbocycles. The molecular formula is C42H60F6N6O5. The number of piperazine rings is 2. The number of benzene rings is 2. The van der Waals surface area contributed by atoms with Gasteiger partial charge in [-0.1, -0.05) is 0 Å². The number of hydrogen-bond donors (Lipinski definition) is 1. The fourth-order valence-electron chi connectivity index (χ4n) is 7.06. The summed E-state index contributed by atoms with van der Waals surface area (Å²) in [4.78, 5) is 44.2. The molecule has 2 aromatic rings. The number of alkyl halides is 6. The van der Waals surface area contributed by atoms with Crippen molar-refractivity contribution in [2.24, 2.45) is 0 Å². The van der Waals surface area contributed by atoms with Gasteiger partial charge in [-0.05, 0) is 109 Å². The molecule has 4 saturated heterocycles. The third-order valence-corrected chi connectivity index (χ3v) is 9.97. The Balaban J connectivity index is 0.000000216. The largest absolute Gasteiger partial charge is 0.444 e. The third kappa shape index (κ3) is 15.1. The predicted octanol–water partition coefficient (Wildman–Crippen LogP) is 8.30. The number of anilines is 2. The van der Waals surface area contributed by atoms with Gasteiger partial charge in [0.15, 0.2) is 6.29 Å². The standard InChI is InChI=1S/C21H30F3N3O2.C12H12F3NO.C9H18N2O2/c1-20(2,3)29-19(28)27-12-10-25(11-13-27)15-16-14-17(21(22,23)24)6-7-18(16)26-8-4-5-9-26;13-12(14,15)10-3-4-11(9(7-10)8-17)16-5-1-2-6-16;1-9(2,3)13-8(12)11-6-4-10-5-7-11/h6-7,14H,4-5,8-13,15H2,1-3H3;3-4,7-8H,1-2,5-6H2;10H,4-7H2,1-3H3. The Morgan fingerprint density at radius 3 is 1.47 bits per heavy atom. The van der Waals surface area contributed by atoms with Gasteiger partial charge < -0.3 is 34.4 Å². The van der Waals surface area contributed by atoms with Crippen LogP contribution in [0.3, 0.4) is 0 Å². The number of rotatable bonds is 5. The molecule has 4 heterocycles. The van der Waals surface area contributed by atoms with Crippen LogP contribution in [0.5, 0.6) is 0 Å². The SMILES string of the molecule is CC(C)(C)OC(=O)N1CCN(Cc2cc(C(F)(F)F)ccc2N2CCCC2)CC1.CC(C)(C)OC(=O)N1CCNCC1.O=Cc1cc(C(F)(F)F)ccc1N1CCCC1. The normalized spacial score (nSPS) is 18.1. The van der Waals surface area contributed by atoms with Gasteiger partial charge in [-0.2, -0.15) is 26.3 Å². The maximum Gasteiger partial charge on any atom is 0.416 e. The zero-order chi connectivity index (χ0) is 43.6. The summed E-state index contributed by atoms with van der Waals surface area (Å²) in [5.41, 5.74) is -0.00566. The summed E-state index contributed by atoms with van der Waals surface area (Å²) in [5, 5.41) is 3.18. The summed E-state index contributed by atoms with van der Waals surface area (Å²) < 4.78 is 87.8. The third-order valence-electron chi connectivity index (χ3n) is 9.97. The molecule has 330 valence electrons. The smallest absolute Gasteiger partial charge is 0.416 e. The number of ether oxygens (including phenoxy) is 2. The molecule has 0 spiro atoms. The van der Waals surface area contributed by atoms with E-state index in [1.807, 2.05) is 46.4 Å². The molecule has 0 atom stereocenters. The van der Waals surface area contributed by atoms with E-state index in [4.69, 9.17) is 9.47 Å². The van der Waals surface area contributed by atoms with Crippen LogP contribution in [-0.4, -0.2) is 123 Å². The maximum absolute atomic E-state index is 13.2. The van der Waals surface area contributed by atoms with Crippen molar-refractivity contribution in [3.05, 3.63) is 58.7 Å². The molecular weight excluding hydrogens is 782 g/mol. The Bertz CT molecular complexity index is 1680. The van der Waals surface area contributed by atoms with Crippen LogP contribution in [0, 0.1) is 0 Å². The number of hydrogen-bond acceptors (Lipinski definition) is 9. The molecule has 0 radical (unpaired) electrons. The zero-order valence-corrected chi connectivity index (χ0v) is 35.1. The highest BCUT2D eigenvalue weighted by atomic mass is 19.4. The highest BCUT2D eigenvalue weighted by Crippen LogP contribution is 2.35. The lowest BCUT2D eigenvalue weighted by Gasteiger charge is -2.36. The van der Waals surface area contributed by atoms with E-state index in [0.29, 0.717) is 50.3 Å². The van der Waals surface area contributed by atoms with E-state index in [1.165, 1.54) is 18.2 Å². The lowest BCUT2D eigenvalue weighted by atomic mass is 10.1. The van der Waals surface area contributed by atoms with Gasteiger partial charge in [0, 0.05) is 102 Å². The molecule has 2 amide bonds. The van der Waals surface area contributed by atoms with Crippen molar-refractivity contribution in [2.45, 2.75) is 97.3 Å². The van der Waals surface area contributed by atoms with E-state index in [2.05, 4.69) is 15.1 Å². The summed E-state index contributed by atoms with van der Waals surface area (Å²) in [6.07, 6.45) is -4.65. The van der Waals surface area contributed by atoms with Crippen LogP contribution in [0.2, 0.25) is 0 Å². The van der Waals surface area contributed by atoms with E-state index in [-0.39, 0.29) is 23.4 Å². The molecule has 2 aromatic carbocycles. The minimum atomic E-state index is -4.40. The first-order valence-electron chi connectivity index (χ1n) is 20.3. The van der Waals surface area contributed by atoms with E-state index in [1.54, 1.807) is 15.9 Å². The second kappa shape index (κ2) is 20.3. The van der Waals surface area contributed by atoms with E-state index in [9.17, 15) is 40.7 Å². The quantitative estimate of drug-likeness (QED) is 0.236. The number of nitrogens with one attached hydrogen (secondary N) is 1. The van der Waals surface area contributed by atoms with Gasteiger partial charge in [-0.15, -0.1) is 0 Å². The molecule has 6 rings (SSSR count). The lowest BCUT2D eigenvalue weighted by Crippen LogP contribution is -2.49. The molecule has 4 aliphatic heterocycles. The first-order valence-corrected chi connectivity index (χ1v) is 20.3. The number of amides is 2. The second-order valence-corrected chi connectivity index (χ2v) is 17.1. The number of aldehydes is 1. The van der Waals surface area contributed by atoms with Gasteiger partial charge in [0.05, 0.1) is 11.1 Å². The fourth-order valence-corrected chi connectivity index (χ4v) is 7.06. The Morgan fingerprint density at radius 1 is 0.610 bits per heavy atom. The first kappa shape index (κ1) is 47.4. The van der Waals surface area contributed by atoms with Crippen molar-refractivity contribution < 1.29 is 50.2 Å². The van der Waals surface area contributed by atoms with Crippen molar-refractivity contribution in [2.75, 3.05) is 88.3 Å². The zero-order valence-electron chi connectivity index (χ0n) is 35.1. The summed E-state index contributed by atoms with van der Waals surface area (Å²) in [6.45, 7) is 20.4. The minimum Gasteiger partial charge on any atom is -0.444 e. The molecule has 1 N–H and O–H groups in total. The second-order valence-electron chi connectivity index (χ2n) is 17.1. The van der Waals surface area contributed by atoms with Crippen LogP contribution in [-0.2, 0) is 28.4 Å². The average Bonchev–Trinajstić information content (AvgIpc) is 3.90. The molecule has 4 aliphatic rings. The van der Waals surface area contributed by atoms with Gasteiger partial charge in [-0.3, -0.25) is 9.69 Å². The van der Waals surface area contributed by atoms with Gasteiger partial charge >= 0.3 is 24.5 Å². The molecule has 0 unspecified atom stereocenters. The molecule has 17 heteroatoms. The summed E-state index contributed by atoms with van der Waals surface area (Å²) in [7, 11) is 0. The molecule has 59 heavy (non-hydrogen) atoms. The van der Waals surface area contributed by atoms with Crippen molar-refractivity contribution in [1.29, 1.82) is 0 Å². The Labute approximate surface area is 343 Å². The predicted molar refractivity (Wildman–Crippen MR) is 215 cm³/mol. The van der Waals surface area contributed by atoms with Crippen LogP contribution in [0.15, 0.2) is 36.4 Å². The minimum absolute atomic E-state index is 0.113. The Morgan fingerprint density at radius 2 is 1.03 bits per heavy atom. The molecule has 0 bridgehead atoms. The van der Waals surface area contributed by atoms with Crippen LogP contribution in [0.25, 0.3) is 0 Å². The van der Waals surface area contributed by atoms with Gasteiger partial charge in [0.1, 0.15) is 11.2 Å². The highest BCUT2D eigenvalue weighted by Gasteiger charge is 2.34. The number of carbonyl (C=O) groups excluding carboxylic acids is 3. The fraction of sp³-hybridized carbons (Fsp3) is 0.643. The van der Waals surface area contributed by atoms with Crippen LogP contribution in [0.4, 0.5) is 47.3 Å². The van der Waals surface area contributed by atoms with Crippen molar-refractivity contribution in [1.82, 2.24) is 20.0 Å². The molecule has 0 aliphatic carbocycles. The van der Waals surface area contributed by atoms with Crippen molar-refractivity contribution >= 4 is 29.8 Å². The Hall–Kier alpha value is -4.25. The van der Waals surface area contributed by atoms with Crippen molar-refractivity contribution in [3.8, 4) is 0 Å². The molecule has 0 aromatic heterocycles. The maximum atomic E-state index is 13.2. The van der Waals surface area contributed by atoms with Crippen LogP contribution < -0.4 is 15.1 Å². The van der Waals surface area contributed by atoms with E-state index in [0.717, 1.165) is 95.9 Å². The van der Waals surface area contributed by atoms with Crippen LogP contribution in [0.1, 0.15) is 94.3 Å². The number of halogens is 6. The van der Waals surface area contributed by atoms with Crippen LogP contribution >= 0.6 is 0 Å². The number of carbonyl (C=O) groups is 3. The average molecular weight is 843 g/mol. The molecule has 4 fully saturated rings. The lowest BCUT2D eigenvalue weighted by molar-refractivity contribution is -0.138. The summed E-state index contributed by atoms with van der Waals surface area (Å²) in [5.74, 6) is 0. The topological polar surface area (TPSA) is 97.9 Å². The summed E-state index contributed by atoms with van der Waals surface area (Å²) >= 11 is 0. The number of nitrogens with zero attached hydrogens (tertiary/aromatic N) is 5. The first-order chi connectivity index (χ1) is 27.5.